The van der Waals surface area contributed by atoms with Crippen LogP contribution in [0.1, 0.15) is 0 Å². The number of hydrogen-bond donors (Lipinski definition) is 2. The molecule has 0 radical (unpaired) electrons. The average Bonchev–Trinajstić information content (AvgIpc) is 4.07. The maximum Gasteiger partial charge on any atom is 0.489 e. The lowest BCUT2D eigenvalue weighted by atomic mass is 9.76. The van der Waals surface area contributed by atoms with Crippen molar-refractivity contribution in [1.29, 1.82) is 0 Å². The van der Waals surface area contributed by atoms with Gasteiger partial charge in [0.1, 0.15) is 0 Å². The molecule has 0 fully saturated rings. The lowest BCUT2D eigenvalue weighted by Gasteiger charge is -2.11. The van der Waals surface area contributed by atoms with Crippen molar-refractivity contribution in [2.45, 2.75) is 0 Å². The Morgan fingerprint density at radius 1 is 0.303 bits per heavy atom. The van der Waals surface area contributed by atoms with E-state index in [1.807, 2.05) is 79.0 Å². The molecule has 2 aliphatic carbocycles. The minimum absolute atomic E-state index is 0.563. The molecular weight excluding hydrogens is 951 g/mol. The first-order valence-electron chi connectivity index (χ1n) is 25.3. The normalized spacial score (nSPS) is 11.6. The van der Waals surface area contributed by atoms with Gasteiger partial charge in [-0.1, -0.05) is 206 Å². The van der Waals surface area contributed by atoms with Crippen molar-refractivity contribution in [2.24, 2.45) is 0 Å². The van der Waals surface area contributed by atoms with Gasteiger partial charge in [0, 0.05) is 50.1 Å². The topological polar surface area (TPSA) is 92.0 Å². The first kappa shape index (κ1) is 45.3. The third kappa shape index (κ3) is 7.68. The lowest BCUT2D eigenvalue weighted by molar-refractivity contribution is 0.426. The van der Waals surface area contributed by atoms with Crippen molar-refractivity contribution in [3.8, 4) is 78.1 Å². The van der Waals surface area contributed by atoms with E-state index in [-0.39, 0.29) is 0 Å². The highest BCUT2D eigenvalue weighted by Gasteiger charge is 2.25. The summed E-state index contributed by atoms with van der Waals surface area (Å²) >= 11 is 5.94. The fourth-order valence-electron chi connectivity index (χ4n) is 11.3. The maximum atomic E-state index is 9.50. The summed E-state index contributed by atoms with van der Waals surface area (Å²) in [4.78, 5) is 18.9. The predicted molar refractivity (Wildman–Crippen MR) is 316 cm³/mol. The quantitative estimate of drug-likeness (QED) is 0.135. The largest absolute Gasteiger partial charge is 0.489 e. The molecule has 0 unspecified atom stereocenters. The van der Waals surface area contributed by atoms with Crippen LogP contribution in [0.3, 0.4) is 0 Å². The van der Waals surface area contributed by atoms with Crippen molar-refractivity contribution >= 4 is 89.3 Å². The van der Waals surface area contributed by atoms with Gasteiger partial charge in [-0.15, -0.1) is 0 Å². The summed E-state index contributed by atoms with van der Waals surface area (Å²) in [7, 11) is -1.44. The molecule has 0 bridgehead atoms. The summed E-state index contributed by atoms with van der Waals surface area (Å²) in [6.45, 7) is 0. The van der Waals surface area contributed by atoms with E-state index >= 15 is 0 Å². The fourth-order valence-corrected chi connectivity index (χ4v) is 11.5. The molecular formula is C68H42BClN4O2. The Bertz CT molecular complexity index is 4580. The molecule has 6 nitrogen and oxygen atoms in total. The van der Waals surface area contributed by atoms with Gasteiger partial charge in [0.15, 0.2) is 0 Å². The molecule has 0 saturated carbocycles. The van der Waals surface area contributed by atoms with E-state index in [0.29, 0.717) is 5.46 Å². The molecule has 0 amide bonds. The number of pyridine rings is 4. The van der Waals surface area contributed by atoms with Gasteiger partial charge in [-0.25, -0.2) is 9.97 Å². The van der Waals surface area contributed by atoms with Crippen LogP contribution in [-0.2, 0) is 0 Å². The second kappa shape index (κ2) is 18.5. The molecule has 0 atom stereocenters. The van der Waals surface area contributed by atoms with Crippen LogP contribution in [0.5, 0.6) is 0 Å². The number of rotatable bonds is 4. The van der Waals surface area contributed by atoms with Crippen LogP contribution in [0, 0.1) is 0 Å². The Labute approximate surface area is 443 Å². The van der Waals surface area contributed by atoms with E-state index in [1.165, 1.54) is 66.4 Å². The minimum atomic E-state index is -1.44. The zero-order valence-corrected chi connectivity index (χ0v) is 41.5. The Hall–Kier alpha value is -9.37. The van der Waals surface area contributed by atoms with Crippen molar-refractivity contribution in [3.63, 3.8) is 0 Å². The summed E-state index contributed by atoms with van der Waals surface area (Å²) in [5.74, 6) is 0. The molecule has 4 heterocycles. The highest BCUT2D eigenvalue weighted by molar-refractivity contribution is 6.62. The van der Waals surface area contributed by atoms with Crippen molar-refractivity contribution in [1.82, 2.24) is 19.9 Å². The smallest absolute Gasteiger partial charge is 0.423 e. The van der Waals surface area contributed by atoms with E-state index in [0.717, 1.165) is 81.9 Å². The zero-order chi connectivity index (χ0) is 50.9. The van der Waals surface area contributed by atoms with Gasteiger partial charge in [0.05, 0.1) is 33.5 Å². The van der Waals surface area contributed by atoms with Gasteiger partial charge in [0.25, 0.3) is 0 Å². The highest BCUT2D eigenvalue weighted by atomic mass is 35.5. The molecule has 8 heteroatoms. The van der Waals surface area contributed by atoms with Crippen LogP contribution in [0.25, 0.3) is 143 Å². The van der Waals surface area contributed by atoms with Gasteiger partial charge in [-0.05, 0) is 119 Å². The van der Waals surface area contributed by atoms with E-state index in [2.05, 4.69) is 162 Å². The molecule has 10 aromatic carbocycles. The van der Waals surface area contributed by atoms with Crippen LogP contribution in [-0.4, -0.2) is 37.1 Å². The van der Waals surface area contributed by atoms with Crippen LogP contribution in [0.15, 0.2) is 243 Å². The summed E-state index contributed by atoms with van der Waals surface area (Å²) in [6.07, 6.45) is 3.64. The number of hydrogen-bond acceptors (Lipinski definition) is 6. The maximum absolute atomic E-state index is 9.50. The van der Waals surface area contributed by atoms with Gasteiger partial charge in [0.2, 0.25) is 0 Å². The minimum Gasteiger partial charge on any atom is -0.423 e. The Morgan fingerprint density at radius 3 is 1.21 bits per heavy atom. The molecule has 2 aliphatic rings. The van der Waals surface area contributed by atoms with Crippen LogP contribution < -0.4 is 5.46 Å². The van der Waals surface area contributed by atoms with Crippen molar-refractivity contribution < 1.29 is 10.0 Å². The summed E-state index contributed by atoms with van der Waals surface area (Å²) in [5.41, 5.74) is 20.9. The third-order valence-corrected chi connectivity index (χ3v) is 15.2. The van der Waals surface area contributed by atoms with E-state index < -0.39 is 7.12 Å². The number of aromatic nitrogens is 4. The van der Waals surface area contributed by atoms with E-state index in [1.54, 1.807) is 12.3 Å². The predicted octanol–water partition coefficient (Wildman–Crippen LogP) is 16.2. The second-order valence-electron chi connectivity index (χ2n) is 19.2. The number of benzene rings is 10. The van der Waals surface area contributed by atoms with Crippen molar-refractivity contribution in [2.75, 3.05) is 0 Å². The number of halogens is 1. The van der Waals surface area contributed by atoms with Gasteiger partial charge in [-0.2, -0.15) is 0 Å². The Balaban J connectivity index is 0.000000113. The summed E-state index contributed by atoms with van der Waals surface area (Å²) < 4.78 is 0. The lowest BCUT2D eigenvalue weighted by Crippen LogP contribution is -2.30. The standard InChI is InChI=1S/C34H20N2.C18H11ClN2.C16H11BO2/c1-2-7-27-26(6-1)29-9-3-8-28-25(17-18-30(27)32(28)29)21-10-12-22(13-11-21)31-19-16-24-15-14-23-5-4-20-35-33(23)34(24)36-31;19-15-8-5-12(6-9-15)16-10-7-14-4-3-13-2-1-11-20-17(13)18(14)21-16;18-17(19)15-9-8-13-11-5-2-1-4-10(11)12-6-3-7-14(15)16(12)13/h1-20H;1-11H;1-9,18-19H. The van der Waals surface area contributed by atoms with Crippen LogP contribution >= 0.6 is 11.6 Å². The van der Waals surface area contributed by atoms with Gasteiger partial charge >= 0.3 is 7.12 Å². The Kier molecular flexibility index (Phi) is 11.0. The molecule has 0 aliphatic heterocycles. The summed E-state index contributed by atoms with van der Waals surface area (Å²) in [5, 5.41) is 28.8. The molecule has 356 valence electrons. The molecule has 2 N–H and O–H groups in total. The molecule has 14 aromatic rings. The fraction of sp³-hybridized carbons (Fsp3) is 0. The first-order valence-corrected chi connectivity index (χ1v) is 25.6. The second-order valence-corrected chi connectivity index (χ2v) is 19.6. The zero-order valence-electron chi connectivity index (χ0n) is 40.7. The molecule has 16 rings (SSSR count). The molecule has 0 spiro atoms. The van der Waals surface area contributed by atoms with E-state index in [4.69, 9.17) is 21.6 Å². The van der Waals surface area contributed by atoms with E-state index in [9.17, 15) is 10.0 Å². The van der Waals surface area contributed by atoms with Gasteiger partial charge in [-0.3, -0.25) is 9.97 Å². The molecule has 76 heavy (non-hydrogen) atoms. The van der Waals surface area contributed by atoms with Gasteiger partial charge < -0.3 is 10.0 Å². The Morgan fingerprint density at radius 2 is 0.697 bits per heavy atom. The van der Waals surface area contributed by atoms with Crippen LogP contribution in [0.4, 0.5) is 0 Å². The summed E-state index contributed by atoms with van der Waals surface area (Å²) in [6, 6.07) is 79.3. The third-order valence-electron chi connectivity index (χ3n) is 14.9. The molecule has 4 aromatic heterocycles. The first-order chi connectivity index (χ1) is 37.4. The number of nitrogens with zero attached hydrogens (tertiary/aromatic N) is 4. The average molecular weight is 993 g/mol. The highest BCUT2D eigenvalue weighted by Crippen LogP contribution is 2.50. The van der Waals surface area contributed by atoms with Crippen LogP contribution in [0.2, 0.25) is 5.02 Å². The monoisotopic (exact) mass is 992 g/mol. The van der Waals surface area contributed by atoms with Crippen molar-refractivity contribution in [3.05, 3.63) is 248 Å². The SMILES string of the molecule is Clc1ccc(-c2ccc3ccc4cccnc4c3n2)cc1.OB(O)c1ccc2c3c(cccc13)-c1ccccc1-2.c1ccc2c(c1)-c1cccc3c(-c4ccc(-c5ccc6ccc7cccnc7c6n5)cc4)ccc-2c13. The number of fused-ring (bicyclic) bond motifs is 12. The molecule has 0 saturated heterocycles.